The van der Waals surface area contributed by atoms with Crippen LogP contribution in [0.3, 0.4) is 0 Å². The molecular weight excluding hydrogens is 234 g/mol. The molecule has 0 saturated carbocycles. The van der Waals surface area contributed by atoms with Gasteiger partial charge in [-0.05, 0) is 19.9 Å². The van der Waals surface area contributed by atoms with Gasteiger partial charge in [-0.3, -0.25) is 16.0 Å². The summed E-state index contributed by atoms with van der Waals surface area (Å²) in [5, 5.41) is 5.45. The van der Waals surface area contributed by atoms with Gasteiger partial charge in [0.25, 0.3) is 0 Å². The zero-order valence-corrected chi connectivity index (χ0v) is 11.1. The monoisotopic (exact) mass is 251 g/mol. The number of hydrogen-bond donors (Lipinski definition) is 2. The summed E-state index contributed by atoms with van der Waals surface area (Å²) in [4.78, 5) is 5.78. The van der Waals surface area contributed by atoms with Crippen molar-refractivity contribution in [3.63, 3.8) is 0 Å². The molecule has 5 nitrogen and oxygen atoms in total. The Labute approximate surface area is 105 Å². The minimum atomic E-state index is 0.0150. The quantitative estimate of drug-likeness (QED) is 0.633. The van der Waals surface area contributed by atoms with E-state index in [4.69, 9.17) is 5.84 Å². The fourth-order valence-corrected chi connectivity index (χ4v) is 2.65. The number of hydrogen-bond acceptors (Lipinski definition) is 5. The maximum absolute atomic E-state index is 5.58. The van der Waals surface area contributed by atoms with Crippen molar-refractivity contribution in [1.82, 2.24) is 20.2 Å². The van der Waals surface area contributed by atoms with Crippen LogP contribution in [-0.4, -0.2) is 14.8 Å². The van der Waals surface area contributed by atoms with Gasteiger partial charge in [0, 0.05) is 24.5 Å². The second-order valence-electron chi connectivity index (χ2n) is 4.09. The average Bonchev–Trinajstić information content (AvgIpc) is 2.83. The van der Waals surface area contributed by atoms with Crippen LogP contribution in [0.1, 0.15) is 27.3 Å². The van der Waals surface area contributed by atoms with Crippen molar-refractivity contribution in [3.05, 3.63) is 33.5 Å². The Morgan fingerprint density at radius 1 is 1.53 bits per heavy atom. The molecule has 0 amide bonds. The fourth-order valence-electron chi connectivity index (χ4n) is 1.67. The Balaban J connectivity index is 2.15. The number of rotatable bonds is 4. The highest BCUT2D eigenvalue weighted by atomic mass is 32.1. The highest BCUT2D eigenvalue weighted by Crippen LogP contribution is 2.22. The van der Waals surface area contributed by atoms with E-state index in [1.54, 1.807) is 16.0 Å². The zero-order valence-electron chi connectivity index (χ0n) is 10.3. The van der Waals surface area contributed by atoms with E-state index in [1.165, 1.54) is 4.88 Å². The third-order valence-electron chi connectivity index (χ3n) is 2.74. The van der Waals surface area contributed by atoms with Crippen molar-refractivity contribution in [2.24, 2.45) is 12.9 Å². The smallest absolute Gasteiger partial charge is 0.0950 e. The second-order valence-corrected chi connectivity index (χ2v) is 5.37. The molecule has 0 saturated heterocycles. The summed E-state index contributed by atoms with van der Waals surface area (Å²) in [7, 11) is 1.90. The van der Waals surface area contributed by atoms with Gasteiger partial charge >= 0.3 is 0 Å². The van der Waals surface area contributed by atoms with Gasteiger partial charge in [0.15, 0.2) is 0 Å². The van der Waals surface area contributed by atoms with E-state index >= 15 is 0 Å². The summed E-state index contributed by atoms with van der Waals surface area (Å²) >= 11 is 1.72. The van der Waals surface area contributed by atoms with Crippen LogP contribution in [0.5, 0.6) is 0 Å². The molecule has 6 heteroatoms. The Morgan fingerprint density at radius 2 is 2.29 bits per heavy atom. The molecule has 1 atom stereocenters. The Hall–Kier alpha value is -1.24. The first-order chi connectivity index (χ1) is 8.10. The zero-order chi connectivity index (χ0) is 12.4. The van der Waals surface area contributed by atoms with E-state index in [0.29, 0.717) is 0 Å². The number of nitrogens with one attached hydrogen (secondary N) is 1. The summed E-state index contributed by atoms with van der Waals surface area (Å²) < 4.78 is 1.78. The molecule has 0 aromatic carbocycles. The topological polar surface area (TPSA) is 68.8 Å². The van der Waals surface area contributed by atoms with E-state index in [9.17, 15) is 0 Å². The number of hydrazine groups is 1. The van der Waals surface area contributed by atoms with E-state index in [-0.39, 0.29) is 6.04 Å². The first-order valence-electron chi connectivity index (χ1n) is 5.48. The molecular formula is C11H17N5S. The molecule has 0 aliphatic rings. The van der Waals surface area contributed by atoms with Gasteiger partial charge in [-0.2, -0.15) is 5.10 Å². The largest absolute Gasteiger partial charge is 0.275 e. The van der Waals surface area contributed by atoms with Crippen LogP contribution in [0.4, 0.5) is 0 Å². The maximum Gasteiger partial charge on any atom is 0.0950 e. The lowest BCUT2D eigenvalue weighted by Gasteiger charge is -2.11. The molecule has 1 unspecified atom stereocenters. The van der Waals surface area contributed by atoms with Gasteiger partial charge in [-0.15, -0.1) is 11.3 Å². The van der Waals surface area contributed by atoms with Crippen LogP contribution < -0.4 is 11.3 Å². The van der Waals surface area contributed by atoms with Gasteiger partial charge in [0.2, 0.25) is 0 Å². The molecule has 3 N–H and O–H groups in total. The van der Waals surface area contributed by atoms with Gasteiger partial charge in [0.05, 0.1) is 22.4 Å². The van der Waals surface area contributed by atoms with Crippen LogP contribution in [0.15, 0.2) is 12.3 Å². The van der Waals surface area contributed by atoms with Crippen LogP contribution in [0, 0.1) is 13.8 Å². The van der Waals surface area contributed by atoms with Gasteiger partial charge in [0.1, 0.15) is 0 Å². The minimum absolute atomic E-state index is 0.0150. The normalized spacial score (nSPS) is 12.9. The molecule has 2 rings (SSSR count). The van der Waals surface area contributed by atoms with E-state index in [1.807, 2.05) is 26.2 Å². The first-order valence-corrected chi connectivity index (χ1v) is 6.30. The fraction of sp³-hybridized carbons (Fsp3) is 0.455. The standard InChI is InChI=1S/C11H17N5S/c1-7-8(2)17-11(13-7)6-10(14-12)9-4-5-16(3)15-9/h4-5,10,14H,6,12H2,1-3H3. The summed E-state index contributed by atoms with van der Waals surface area (Å²) in [6.45, 7) is 4.11. The van der Waals surface area contributed by atoms with Crippen molar-refractivity contribution in [2.75, 3.05) is 0 Å². The molecule has 2 aromatic rings. The third kappa shape index (κ3) is 2.71. The lowest BCUT2D eigenvalue weighted by Crippen LogP contribution is -2.30. The molecule has 0 aliphatic heterocycles. The van der Waals surface area contributed by atoms with Crippen molar-refractivity contribution < 1.29 is 0 Å². The van der Waals surface area contributed by atoms with Gasteiger partial charge in [-0.25, -0.2) is 4.98 Å². The maximum atomic E-state index is 5.58. The predicted molar refractivity (Wildman–Crippen MR) is 68.6 cm³/mol. The van der Waals surface area contributed by atoms with Crippen molar-refractivity contribution >= 4 is 11.3 Å². The molecule has 0 radical (unpaired) electrons. The van der Waals surface area contributed by atoms with Crippen molar-refractivity contribution in [3.8, 4) is 0 Å². The number of aromatic nitrogens is 3. The van der Waals surface area contributed by atoms with Crippen LogP contribution in [0.2, 0.25) is 0 Å². The number of nitrogens with zero attached hydrogens (tertiary/aromatic N) is 3. The Kier molecular flexibility index (Phi) is 3.56. The summed E-state index contributed by atoms with van der Waals surface area (Å²) in [6.07, 6.45) is 2.69. The molecule has 92 valence electrons. The lowest BCUT2D eigenvalue weighted by molar-refractivity contribution is 0.528. The molecule has 0 bridgehead atoms. The van der Waals surface area contributed by atoms with Gasteiger partial charge in [-0.1, -0.05) is 0 Å². The Bertz CT molecular complexity index is 482. The molecule has 2 heterocycles. The number of thiazole rings is 1. The molecule has 2 aromatic heterocycles. The van der Waals surface area contributed by atoms with Crippen molar-refractivity contribution in [2.45, 2.75) is 26.3 Å². The SMILES string of the molecule is Cc1nc(CC(NN)c2ccn(C)n2)sc1C. The highest BCUT2D eigenvalue weighted by molar-refractivity contribution is 7.11. The summed E-state index contributed by atoms with van der Waals surface area (Å²) in [6, 6.07) is 1.99. The molecule has 17 heavy (non-hydrogen) atoms. The van der Waals surface area contributed by atoms with Crippen molar-refractivity contribution in [1.29, 1.82) is 0 Å². The first kappa shape index (κ1) is 12.2. The minimum Gasteiger partial charge on any atom is -0.275 e. The summed E-state index contributed by atoms with van der Waals surface area (Å²) in [5.74, 6) is 5.58. The highest BCUT2D eigenvalue weighted by Gasteiger charge is 2.15. The number of aryl methyl sites for hydroxylation is 3. The number of nitrogens with two attached hydrogens (primary N) is 1. The predicted octanol–water partition coefficient (Wildman–Crippen LogP) is 1.24. The van der Waals surface area contributed by atoms with Crippen LogP contribution in [-0.2, 0) is 13.5 Å². The summed E-state index contributed by atoms with van der Waals surface area (Å²) in [5.41, 5.74) is 4.84. The van der Waals surface area contributed by atoms with E-state index in [2.05, 4.69) is 22.4 Å². The third-order valence-corrected chi connectivity index (χ3v) is 3.84. The second kappa shape index (κ2) is 4.95. The average molecular weight is 251 g/mol. The van der Waals surface area contributed by atoms with Gasteiger partial charge < -0.3 is 0 Å². The lowest BCUT2D eigenvalue weighted by atomic mass is 10.1. The molecule has 0 aliphatic carbocycles. The van der Waals surface area contributed by atoms with Crippen LogP contribution >= 0.6 is 11.3 Å². The van der Waals surface area contributed by atoms with E-state index < -0.39 is 0 Å². The Morgan fingerprint density at radius 3 is 2.76 bits per heavy atom. The molecule has 0 fully saturated rings. The molecule has 0 spiro atoms. The van der Waals surface area contributed by atoms with Crippen LogP contribution in [0.25, 0.3) is 0 Å². The van der Waals surface area contributed by atoms with E-state index in [0.717, 1.165) is 22.8 Å².